The third-order valence-electron chi connectivity index (χ3n) is 3.20. The maximum atomic E-state index is 4.35. The summed E-state index contributed by atoms with van der Waals surface area (Å²) in [5, 5.41) is 6.88. The van der Waals surface area contributed by atoms with Crippen molar-refractivity contribution >= 4 is 11.3 Å². The van der Waals surface area contributed by atoms with Crippen LogP contribution in [0.2, 0.25) is 0 Å². The lowest BCUT2D eigenvalue weighted by Crippen LogP contribution is -2.28. The Morgan fingerprint density at radius 2 is 2.47 bits per heavy atom. The first-order valence-corrected chi connectivity index (χ1v) is 7.43. The number of rotatable bonds is 6. The van der Waals surface area contributed by atoms with Gasteiger partial charge in [-0.05, 0) is 37.9 Å². The highest BCUT2D eigenvalue weighted by Gasteiger charge is 2.22. The highest BCUT2D eigenvalue weighted by Crippen LogP contribution is 2.18. The summed E-state index contributed by atoms with van der Waals surface area (Å²) in [6, 6.07) is 0. The fraction of sp³-hybridized carbons (Fsp3) is 0.769. The van der Waals surface area contributed by atoms with E-state index < -0.39 is 0 Å². The van der Waals surface area contributed by atoms with Gasteiger partial charge in [-0.2, -0.15) is 0 Å². The lowest BCUT2D eigenvalue weighted by molar-refractivity contribution is 0.313. The predicted molar refractivity (Wildman–Crippen MR) is 73.2 cm³/mol. The van der Waals surface area contributed by atoms with Crippen LogP contribution in [0, 0.1) is 11.8 Å². The summed E-state index contributed by atoms with van der Waals surface area (Å²) >= 11 is 1.76. The van der Waals surface area contributed by atoms with Crippen molar-refractivity contribution in [2.24, 2.45) is 11.8 Å². The van der Waals surface area contributed by atoms with Crippen molar-refractivity contribution in [2.45, 2.75) is 26.8 Å². The first kappa shape index (κ1) is 13.0. The van der Waals surface area contributed by atoms with Crippen LogP contribution in [0.3, 0.4) is 0 Å². The fourth-order valence-electron chi connectivity index (χ4n) is 2.32. The number of hydrogen-bond donors (Lipinski definition) is 1. The maximum Gasteiger partial charge on any atom is 0.107 e. The molecule has 0 aliphatic carbocycles. The number of nitrogens with zero attached hydrogens (tertiary/aromatic N) is 2. The molecule has 1 aromatic heterocycles. The summed E-state index contributed by atoms with van der Waals surface area (Å²) in [5.74, 6) is 1.58. The van der Waals surface area contributed by atoms with E-state index in [1.807, 2.05) is 6.20 Å². The predicted octanol–water partition coefficient (Wildman–Crippen LogP) is 2.21. The molecule has 0 aromatic carbocycles. The number of thiazole rings is 1. The van der Waals surface area contributed by atoms with Gasteiger partial charge < -0.3 is 5.32 Å². The van der Waals surface area contributed by atoms with E-state index in [0.717, 1.165) is 24.9 Å². The summed E-state index contributed by atoms with van der Waals surface area (Å²) in [5.41, 5.74) is 0. The van der Waals surface area contributed by atoms with E-state index in [4.69, 9.17) is 0 Å². The van der Waals surface area contributed by atoms with Gasteiger partial charge in [0.1, 0.15) is 5.01 Å². The molecule has 0 spiro atoms. The molecule has 0 saturated carbocycles. The SMILES string of the molecule is CC(C)CNCC1CCN(Cc2nccs2)C1. The Kier molecular flexibility index (Phi) is 4.95. The molecule has 2 heterocycles. The quantitative estimate of drug-likeness (QED) is 0.842. The highest BCUT2D eigenvalue weighted by molar-refractivity contribution is 7.09. The molecule has 1 N–H and O–H groups in total. The molecule has 3 nitrogen and oxygen atoms in total. The normalized spacial score (nSPS) is 21.5. The number of hydrogen-bond acceptors (Lipinski definition) is 4. The van der Waals surface area contributed by atoms with Crippen LogP contribution >= 0.6 is 11.3 Å². The second kappa shape index (κ2) is 6.47. The van der Waals surface area contributed by atoms with E-state index >= 15 is 0 Å². The van der Waals surface area contributed by atoms with Gasteiger partial charge in [-0.25, -0.2) is 4.98 Å². The van der Waals surface area contributed by atoms with Crippen molar-refractivity contribution in [3.05, 3.63) is 16.6 Å². The molecule has 4 heteroatoms. The van der Waals surface area contributed by atoms with E-state index in [9.17, 15) is 0 Å². The average molecular weight is 253 g/mol. The Balaban J connectivity index is 1.65. The van der Waals surface area contributed by atoms with Crippen LogP contribution in [0.4, 0.5) is 0 Å². The molecule has 96 valence electrons. The molecule has 1 saturated heterocycles. The number of aromatic nitrogens is 1. The molecule has 17 heavy (non-hydrogen) atoms. The van der Waals surface area contributed by atoms with Gasteiger partial charge in [0.15, 0.2) is 0 Å². The van der Waals surface area contributed by atoms with Crippen LogP contribution in [-0.4, -0.2) is 36.1 Å². The largest absolute Gasteiger partial charge is 0.316 e. The summed E-state index contributed by atoms with van der Waals surface area (Å²) < 4.78 is 0. The first-order chi connectivity index (χ1) is 8.24. The molecule has 0 bridgehead atoms. The highest BCUT2D eigenvalue weighted by atomic mass is 32.1. The van der Waals surface area contributed by atoms with Gasteiger partial charge in [0.2, 0.25) is 0 Å². The van der Waals surface area contributed by atoms with Crippen LogP contribution in [0.5, 0.6) is 0 Å². The smallest absolute Gasteiger partial charge is 0.107 e. The van der Waals surface area contributed by atoms with Crippen molar-refractivity contribution in [2.75, 3.05) is 26.2 Å². The summed E-state index contributed by atoms with van der Waals surface area (Å²) in [6.07, 6.45) is 3.23. The van der Waals surface area contributed by atoms with Crippen LogP contribution < -0.4 is 5.32 Å². The molecule has 1 aliphatic heterocycles. The van der Waals surface area contributed by atoms with E-state index in [1.54, 1.807) is 11.3 Å². The molecule has 2 rings (SSSR count). The number of likely N-dealkylation sites (tertiary alicyclic amines) is 1. The standard InChI is InChI=1S/C13H23N3S/c1-11(2)7-14-8-12-3-5-16(9-12)10-13-15-4-6-17-13/h4,6,11-12,14H,3,5,7-10H2,1-2H3. The summed E-state index contributed by atoms with van der Waals surface area (Å²) in [4.78, 5) is 6.88. The third-order valence-corrected chi connectivity index (χ3v) is 3.96. The van der Waals surface area contributed by atoms with Crippen molar-refractivity contribution < 1.29 is 0 Å². The molecular weight excluding hydrogens is 230 g/mol. The maximum absolute atomic E-state index is 4.35. The lowest BCUT2D eigenvalue weighted by atomic mass is 10.1. The minimum Gasteiger partial charge on any atom is -0.316 e. The Morgan fingerprint density at radius 1 is 1.59 bits per heavy atom. The van der Waals surface area contributed by atoms with E-state index in [-0.39, 0.29) is 0 Å². The topological polar surface area (TPSA) is 28.2 Å². The molecule has 1 fully saturated rings. The van der Waals surface area contributed by atoms with Crippen molar-refractivity contribution in [3.63, 3.8) is 0 Å². The Bertz CT molecular complexity index is 310. The van der Waals surface area contributed by atoms with Crippen molar-refractivity contribution in [1.82, 2.24) is 15.2 Å². The van der Waals surface area contributed by atoms with E-state index in [1.165, 1.54) is 31.1 Å². The van der Waals surface area contributed by atoms with Crippen LogP contribution in [0.1, 0.15) is 25.3 Å². The lowest BCUT2D eigenvalue weighted by Gasteiger charge is -2.15. The zero-order valence-corrected chi connectivity index (χ0v) is 11.7. The van der Waals surface area contributed by atoms with Gasteiger partial charge >= 0.3 is 0 Å². The molecule has 1 unspecified atom stereocenters. The van der Waals surface area contributed by atoms with Gasteiger partial charge in [-0.1, -0.05) is 13.8 Å². The van der Waals surface area contributed by atoms with Crippen LogP contribution in [0.25, 0.3) is 0 Å². The zero-order valence-electron chi connectivity index (χ0n) is 10.9. The fourth-order valence-corrected chi connectivity index (χ4v) is 2.98. The third kappa shape index (κ3) is 4.37. The Hall–Kier alpha value is -0.450. The first-order valence-electron chi connectivity index (χ1n) is 6.55. The Morgan fingerprint density at radius 3 is 3.18 bits per heavy atom. The summed E-state index contributed by atoms with van der Waals surface area (Å²) in [7, 11) is 0. The minimum absolute atomic E-state index is 0.753. The van der Waals surface area contributed by atoms with Gasteiger partial charge in [-0.3, -0.25) is 4.90 Å². The van der Waals surface area contributed by atoms with Gasteiger partial charge in [0, 0.05) is 18.1 Å². The van der Waals surface area contributed by atoms with Crippen LogP contribution in [0.15, 0.2) is 11.6 Å². The summed E-state index contributed by atoms with van der Waals surface area (Å²) in [6.45, 7) is 10.3. The molecule has 1 aliphatic rings. The molecule has 0 radical (unpaired) electrons. The Labute approximate surface area is 108 Å². The van der Waals surface area contributed by atoms with Crippen molar-refractivity contribution in [3.8, 4) is 0 Å². The van der Waals surface area contributed by atoms with Gasteiger partial charge in [0.25, 0.3) is 0 Å². The minimum atomic E-state index is 0.753. The number of nitrogens with one attached hydrogen (secondary N) is 1. The van der Waals surface area contributed by atoms with E-state index in [0.29, 0.717) is 0 Å². The average Bonchev–Trinajstić information content (AvgIpc) is 2.90. The van der Waals surface area contributed by atoms with Gasteiger partial charge in [-0.15, -0.1) is 11.3 Å². The van der Waals surface area contributed by atoms with E-state index in [2.05, 4.69) is 34.4 Å². The monoisotopic (exact) mass is 253 g/mol. The zero-order chi connectivity index (χ0) is 12.1. The van der Waals surface area contributed by atoms with Crippen LogP contribution in [-0.2, 0) is 6.54 Å². The van der Waals surface area contributed by atoms with Gasteiger partial charge in [0.05, 0.1) is 6.54 Å². The second-order valence-electron chi connectivity index (χ2n) is 5.37. The molecule has 1 aromatic rings. The second-order valence-corrected chi connectivity index (χ2v) is 6.35. The molecular formula is C13H23N3S. The van der Waals surface area contributed by atoms with Crippen molar-refractivity contribution in [1.29, 1.82) is 0 Å². The molecule has 1 atom stereocenters. The molecule has 0 amide bonds.